The molecule has 1 aliphatic rings. The van der Waals surface area contributed by atoms with Gasteiger partial charge < -0.3 is 19.7 Å². The third-order valence-electron chi connectivity index (χ3n) is 4.98. The molecule has 2 aromatic rings. The lowest BCUT2D eigenvalue weighted by Gasteiger charge is -2.18. The topological polar surface area (TPSA) is 102 Å². The zero-order chi connectivity index (χ0) is 23.1. The Bertz CT molecular complexity index is 1070. The summed E-state index contributed by atoms with van der Waals surface area (Å²) >= 11 is 0. The molecule has 0 unspecified atom stereocenters. The molecule has 0 aromatic heterocycles. The van der Waals surface area contributed by atoms with Gasteiger partial charge in [-0.3, -0.25) is 9.59 Å². The third-order valence-corrected chi connectivity index (χ3v) is 6.09. The lowest BCUT2D eigenvalue weighted by Crippen LogP contribution is -2.32. The van der Waals surface area contributed by atoms with Crippen molar-refractivity contribution in [1.82, 2.24) is 4.90 Å². The average Bonchev–Trinajstić information content (AvgIpc) is 3.60. The van der Waals surface area contributed by atoms with E-state index in [2.05, 4.69) is 5.32 Å². The number of carbonyl (C=O) groups excluding carboxylic acids is 2. The Balaban J connectivity index is 1.38. The number of nitrogens with zero attached hydrogens (tertiary/aromatic N) is 1. The van der Waals surface area contributed by atoms with Crippen LogP contribution in [0.25, 0.3) is 0 Å². The van der Waals surface area contributed by atoms with Crippen molar-refractivity contribution in [2.75, 3.05) is 38.4 Å². The van der Waals surface area contributed by atoms with Crippen LogP contribution in [0, 0.1) is 5.92 Å². The molecule has 8 nitrogen and oxygen atoms in total. The van der Waals surface area contributed by atoms with Crippen LogP contribution in [-0.4, -0.2) is 58.2 Å². The van der Waals surface area contributed by atoms with Gasteiger partial charge in [0.2, 0.25) is 5.91 Å². The zero-order valence-electron chi connectivity index (χ0n) is 18.2. The SMILES string of the molecule is CN(CCCOc1cccc(S(C)(=O)=O)c1)C(=O)COc1cccc(NC(=O)C2CC2)c1. The van der Waals surface area contributed by atoms with Crippen LogP contribution in [0.5, 0.6) is 11.5 Å². The zero-order valence-corrected chi connectivity index (χ0v) is 19.1. The normalized spacial score (nSPS) is 13.3. The van der Waals surface area contributed by atoms with E-state index in [1.807, 2.05) is 0 Å². The minimum Gasteiger partial charge on any atom is -0.493 e. The molecular weight excluding hydrogens is 432 g/mol. The lowest BCUT2D eigenvalue weighted by molar-refractivity contribution is -0.132. The molecule has 1 fully saturated rings. The van der Waals surface area contributed by atoms with E-state index in [-0.39, 0.29) is 29.2 Å². The van der Waals surface area contributed by atoms with Crippen molar-refractivity contribution in [3.8, 4) is 11.5 Å². The van der Waals surface area contributed by atoms with Gasteiger partial charge in [-0.05, 0) is 49.6 Å². The first-order chi connectivity index (χ1) is 15.2. The smallest absolute Gasteiger partial charge is 0.260 e. The van der Waals surface area contributed by atoms with E-state index in [1.165, 1.54) is 12.1 Å². The van der Waals surface area contributed by atoms with E-state index in [4.69, 9.17) is 9.47 Å². The van der Waals surface area contributed by atoms with Crippen molar-refractivity contribution in [2.45, 2.75) is 24.2 Å². The Kier molecular flexibility index (Phi) is 7.74. The molecule has 1 aliphatic carbocycles. The van der Waals surface area contributed by atoms with Gasteiger partial charge in [0.25, 0.3) is 5.91 Å². The van der Waals surface area contributed by atoms with Crippen LogP contribution in [0.3, 0.4) is 0 Å². The minimum atomic E-state index is -3.29. The van der Waals surface area contributed by atoms with E-state index in [9.17, 15) is 18.0 Å². The fourth-order valence-electron chi connectivity index (χ4n) is 2.92. The van der Waals surface area contributed by atoms with Crippen LogP contribution in [0.1, 0.15) is 19.3 Å². The Labute approximate surface area is 188 Å². The van der Waals surface area contributed by atoms with Crippen LogP contribution < -0.4 is 14.8 Å². The van der Waals surface area contributed by atoms with E-state index in [0.717, 1.165) is 19.1 Å². The maximum absolute atomic E-state index is 12.3. The molecule has 0 radical (unpaired) electrons. The van der Waals surface area contributed by atoms with Gasteiger partial charge in [-0.1, -0.05) is 12.1 Å². The highest BCUT2D eigenvalue weighted by Gasteiger charge is 2.29. The summed E-state index contributed by atoms with van der Waals surface area (Å²) in [5.74, 6) is 0.926. The standard InChI is InChI=1S/C23H28N2O6S/c1-25(12-5-13-30-20-8-4-9-21(15-20)32(2,28)29)22(26)16-31-19-7-3-6-18(14-19)24-23(27)17-10-11-17/h3-4,6-9,14-15,17H,5,10-13,16H2,1-2H3,(H,24,27). The van der Waals surface area contributed by atoms with Crippen LogP contribution in [0.15, 0.2) is 53.4 Å². The molecule has 0 spiro atoms. The predicted molar refractivity (Wildman–Crippen MR) is 121 cm³/mol. The molecule has 172 valence electrons. The summed E-state index contributed by atoms with van der Waals surface area (Å²) in [6, 6.07) is 13.3. The second kappa shape index (κ2) is 10.5. The summed E-state index contributed by atoms with van der Waals surface area (Å²) in [5, 5.41) is 2.85. The van der Waals surface area contributed by atoms with Gasteiger partial charge in [0, 0.05) is 37.5 Å². The molecule has 0 atom stereocenters. The van der Waals surface area contributed by atoms with Crippen molar-refractivity contribution < 1.29 is 27.5 Å². The maximum atomic E-state index is 12.3. The molecule has 1 saturated carbocycles. The van der Waals surface area contributed by atoms with Gasteiger partial charge in [0.1, 0.15) is 11.5 Å². The van der Waals surface area contributed by atoms with Gasteiger partial charge in [0.15, 0.2) is 16.4 Å². The number of hydrogen-bond acceptors (Lipinski definition) is 6. The van der Waals surface area contributed by atoms with Crippen molar-refractivity contribution in [1.29, 1.82) is 0 Å². The number of rotatable bonds is 11. The number of anilines is 1. The van der Waals surface area contributed by atoms with E-state index >= 15 is 0 Å². The number of nitrogens with one attached hydrogen (secondary N) is 1. The lowest BCUT2D eigenvalue weighted by atomic mass is 10.3. The first-order valence-corrected chi connectivity index (χ1v) is 12.3. The Morgan fingerprint density at radius 2 is 1.75 bits per heavy atom. The number of hydrogen-bond donors (Lipinski definition) is 1. The van der Waals surface area contributed by atoms with Crippen LogP contribution >= 0.6 is 0 Å². The predicted octanol–water partition coefficient (Wildman–Crippen LogP) is 2.74. The van der Waals surface area contributed by atoms with Crippen molar-refractivity contribution in [3.63, 3.8) is 0 Å². The molecule has 1 N–H and O–H groups in total. The van der Waals surface area contributed by atoms with Gasteiger partial charge in [-0.25, -0.2) is 8.42 Å². The van der Waals surface area contributed by atoms with Gasteiger partial charge in [-0.2, -0.15) is 0 Å². The van der Waals surface area contributed by atoms with Gasteiger partial charge in [-0.15, -0.1) is 0 Å². The number of benzene rings is 2. The monoisotopic (exact) mass is 460 g/mol. The summed E-state index contributed by atoms with van der Waals surface area (Å²) in [6.07, 6.45) is 3.59. The number of carbonyl (C=O) groups is 2. The first-order valence-electron chi connectivity index (χ1n) is 10.4. The highest BCUT2D eigenvalue weighted by atomic mass is 32.2. The molecule has 3 rings (SSSR count). The second-order valence-electron chi connectivity index (χ2n) is 7.84. The highest BCUT2D eigenvalue weighted by Crippen LogP contribution is 2.30. The van der Waals surface area contributed by atoms with Gasteiger partial charge in [0.05, 0.1) is 11.5 Å². The maximum Gasteiger partial charge on any atom is 0.260 e. The molecule has 32 heavy (non-hydrogen) atoms. The quantitative estimate of drug-likeness (QED) is 0.518. The van der Waals surface area contributed by atoms with Crippen LogP contribution in [0.4, 0.5) is 5.69 Å². The molecular formula is C23H28N2O6S. The average molecular weight is 461 g/mol. The van der Waals surface area contributed by atoms with Crippen molar-refractivity contribution in [3.05, 3.63) is 48.5 Å². The molecule has 0 aliphatic heterocycles. The van der Waals surface area contributed by atoms with Crippen molar-refractivity contribution >= 4 is 27.3 Å². The number of ether oxygens (including phenoxy) is 2. The highest BCUT2D eigenvalue weighted by molar-refractivity contribution is 7.90. The summed E-state index contributed by atoms with van der Waals surface area (Å²) in [4.78, 5) is 25.9. The molecule has 2 aromatic carbocycles. The fourth-order valence-corrected chi connectivity index (χ4v) is 3.58. The summed E-state index contributed by atoms with van der Waals surface area (Å²) in [6.45, 7) is 0.688. The molecule has 0 bridgehead atoms. The fraction of sp³-hybridized carbons (Fsp3) is 0.391. The Morgan fingerprint density at radius 3 is 2.44 bits per heavy atom. The largest absolute Gasteiger partial charge is 0.493 e. The number of amides is 2. The number of sulfone groups is 1. The van der Waals surface area contributed by atoms with E-state index in [0.29, 0.717) is 36.8 Å². The second-order valence-corrected chi connectivity index (χ2v) is 9.86. The van der Waals surface area contributed by atoms with Crippen molar-refractivity contribution in [2.24, 2.45) is 5.92 Å². The van der Waals surface area contributed by atoms with Crippen LogP contribution in [-0.2, 0) is 19.4 Å². The molecule has 0 heterocycles. The Hall–Kier alpha value is -3.07. The third kappa shape index (κ3) is 7.26. The summed E-state index contributed by atoms with van der Waals surface area (Å²) < 4.78 is 34.4. The minimum absolute atomic E-state index is 0.0169. The van der Waals surface area contributed by atoms with Gasteiger partial charge >= 0.3 is 0 Å². The van der Waals surface area contributed by atoms with E-state index < -0.39 is 9.84 Å². The molecule has 9 heteroatoms. The summed E-state index contributed by atoms with van der Waals surface area (Å²) in [5.41, 5.74) is 0.650. The van der Waals surface area contributed by atoms with Crippen LogP contribution in [0.2, 0.25) is 0 Å². The van der Waals surface area contributed by atoms with E-state index in [1.54, 1.807) is 48.3 Å². The first kappa shape index (κ1) is 23.6. The number of likely N-dealkylation sites (N-methyl/N-ethyl adjacent to an activating group) is 1. The summed E-state index contributed by atoms with van der Waals surface area (Å²) in [7, 11) is -1.60. The molecule has 0 saturated heterocycles. The molecule has 2 amide bonds. The Morgan fingerprint density at radius 1 is 1.06 bits per heavy atom.